The third-order valence-corrected chi connectivity index (χ3v) is 7.50. The van der Waals surface area contributed by atoms with Gasteiger partial charge in [-0.2, -0.15) is 0 Å². The van der Waals surface area contributed by atoms with E-state index in [0.717, 1.165) is 17.3 Å². The van der Waals surface area contributed by atoms with Crippen molar-refractivity contribution in [3.8, 4) is 11.4 Å². The first kappa shape index (κ1) is 25.1. The minimum Gasteiger partial charge on any atom is -0.365 e. The van der Waals surface area contributed by atoms with Crippen LogP contribution in [-0.4, -0.2) is 45.8 Å². The number of rotatable bonds is 9. The molecule has 0 aliphatic rings. The van der Waals surface area contributed by atoms with Crippen LogP contribution in [0.3, 0.4) is 0 Å². The van der Waals surface area contributed by atoms with Crippen LogP contribution in [0.4, 0.5) is 19.0 Å². The van der Waals surface area contributed by atoms with Crippen LogP contribution in [0.5, 0.6) is 0 Å². The topological polar surface area (TPSA) is 107 Å². The highest BCUT2D eigenvalue weighted by atomic mass is 35.5. The van der Waals surface area contributed by atoms with Gasteiger partial charge in [0.05, 0.1) is 35.8 Å². The Morgan fingerprint density at radius 2 is 2.03 bits per heavy atom. The Balaban J connectivity index is 2.00. The van der Waals surface area contributed by atoms with E-state index in [4.69, 9.17) is 11.6 Å². The molecule has 0 fully saturated rings. The van der Waals surface area contributed by atoms with E-state index >= 15 is 0 Å². The lowest BCUT2D eigenvalue weighted by Crippen LogP contribution is -2.37. The maximum absolute atomic E-state index is 13.7. The number of thiazole rings is 1. The van der Waals surface area contributed by atoms with Crippen LogP contribution in [0.15, 0.2) is 40.4 Å². The highest BCUT2D eigenvalue weighted by Crippen LogP contribution is 2.27. The minimum absolute atomic E-state index is 0.112. The average molecular weight is 522 g/mol. The molecule has 1 N–H and O–H groups in total. The molecule has 8 nitrogen and oxygen atoms in total. The quantitative estimate of drug-likeness (QED) is 0.456. The molecule has 3 rings (SSSR count). The maximum Gasteiger partial charge on any atom is 0.295 e. The van der Waals surface area contributed by atoms with Crippen LogP contribution < -0.4 is 10.9 Å². The van der Waals surface area contributed by atoms with Crippen LogP contribution in [0.25, 0.3) is 11.4 Å². The molecule has 0 aliphatic heterocycles. The third-order valence-electron chi connectivity index (χ3n) is 4.63. The summed E-state index contributed by atoms with van der Waals surface area (Å²) in [5.74, 6) is -3.72. The van der Waals surface area contributed by atoms with Gasteiger partial charge in [0.2, 0.25) is 0 Å². The molecule has 0 saturated heterocycles. The summed E-state index contributed by atoms with van der Waals surface area (Å²) in [4.78, 5) is 25.2. The highest BCUT2D eigenvalue weighted by Gasteiger charge is 2.37. The van der Waals surface area contributed by atoms with Gasteiger partial charge in [-0.15, -0.1) is 11.3 Å². The molecule has 0 aromatic carbocycles. The lowest BCUT2D eigenvalue weighted by molar-refractivity contribution is -0.0786. The molecule has 14 heteroatoms. The molecule has 3 aromatic rings. The molecule has 3 aromatic heterocycles. The predicted molar refractivity (Wildman–Crippen MR) is 119 cm³/mol. The Kier molecular flexibility index (Phi) is 7.44. The summed E-state index contributed by atoms with van der Waals surface area (Å²) in [6, 6.07) is 3.68. The number of halogens is 4. The van der Waals surface area contributed by atoms with Crippen molar-refractivity contribution in [2.45, 2.75) is 43.9 Å². The fourth-order valence-electron chi connectivity index (χ4n) is 2.70. The Morgan fingerprint density at radius 1 is 1.30 bits per heavy atom. The van der Waals surface area contributed by atoms with Gasteiger partial charge in [-0.05, 0) is 19.1 Å². The van der Waals surface area contributed by atoms with Crippen LogP contribution in [-0.2, 0) is 22.9 Å². The van der Waals surface area contributed by atoms with Crippen molar-refractivity contribution in [1.82, 2.24) is 19.5 Å². The fourth-order valence-corrected chi connectivity index (χ4v) is 4.65. The van der Waals surface area contributed by atoms with Crippen LogP contribution in [0, 0.1) is 0 Å². The zero-order valence-corrected chi connectivity index (χ0v) is 19.8. The number of hydrogen-bond donors (Lipinski definition) is 1. The molecule has 1 atom stereocenters. The molecular formula is C19H19ClF3N5O3S2. The normalized spacial score (nSPS) is 13.2. The van der Waals surface area contributed by atoms with Crippen LogP contribution in [0.2, 0.25) is 4.47 Å². The Bertz CT molecular complexity index is 1310. The Hall–Kier alpha value is -2.51. The van der Waals surface area contributed by atoms with Crippen molar-refractivity contribution < 1.29 is 21.6 Å². The van der Waals surface area contributed by atoms with Crippen molar-refractivity contribution in [3.05, 3.63) is 50.4 Å². The van der Waals surface area contributed by atoms with E-state index in [1.807, 2.05) is 0 Å². The van der Waals surface area contributed by atoms with Gasteiger partial charge in [-0.25, -0.2) is 36.5 Å². The van der Waals surface area contributed by atoms with E-state index in [2.05, 4.69) is 20.3 Å². The molecule has 178 valence electrons. The number of sulfone groups is 1. The standard InChI is InChI=1S/C19H19ClF3N5O3S2/c1-3-33(30,31)14-4-5-15(24-7-12-8-25-18(20)32-12)27-17(14)13-6-16(29)28(10-26-13)9-19(22,23)11(2)21/h4-6,8,10-11H,3,7,9H2,1-2H3,(H,24,27). The van der Waals surface area contributed by atoms with Crippen molar-refractivity contribution in [3.63, 3.8) is 0 Å². The maximum atomic E-state index is 13.7. The molecule has 0 amide bonds. The van der Waals surface area contributed by atoms with Gasteiger partial charge >= 0.3 is 0 Å². The van der Waals surface area contributed by atoms with Crippen molar-refractivity contribution in [1.29, 1.82) is 0 Å². The number of anilines is 1. The first-order chi connectivity index (χ1) is 15.4. The summed E-state index contributed by atoms with van der Waals surface area (Å²) in [7, 11) is -3.75. The van der Waals surface area contributed by atoms with Gasteiger partial charge < -0.3 is 5.32 Å². The third kappa shape index (κ3) is 5.89. The lowest BCUT2D eigenvalue weighted by Gasteiger charge is -2.18. The zero-order valence-electron chi connectivity index (χ0n) is 17.4. The highest BCUT2D eigenvalue weighted by molar-refractivity contribution is 7.91. The number of alkyl halides is 3. The first-order valence-electron chi connectivity index (χ1n) is 9.59. The second-order valence-corrected chi connectivity index (χ2v) is 10.9. The van der Waals surface area contributed by atoms with E-state index in [9.17, 15) is 26.4 Å². The summed E-state index contributed by atoms with van der Waals surface area (Å²) in [6.07, 6.45) is -0.0769. The minimum atomic E-state index is -3.77. The molecule has 0 radical (unpaired) electrons. The summed E-state index contributed by atoms with van der Waals surface area (Å²) in [5.41, 5.74) is -1.14. The zero-order chi connectivity index (χ0) is 24.4. The second kappa shape index (κ2) is 9.77. The lowest BCUT2D eigenvalue weighted by atomic mass is 10.2. The summed E-state index contributed by atoms with van der Waals surface area (Å²) in [6.45, 7) is 1.24. The van der Waals surface area contributed by atoms with Crippen LogP contribution >= 0.6 is 22.9 Å². The second-order valence-electron chi connectivity index (χ2n) is 7.00. The SMILES string of the molecule is CCS(=O)(=O)c1ccc(NCc2cnc(Cl)s2)nc1-c1cc(=O)n(CC(F)(F)C(C)F)cn1. The molecule has 3 heterocycles. The number of nitrogens with zero attached hydrogens (tertiary/aromatic N) is 4. The van der Waals surface area contributed by atoms with Crippen molar-refractivity contribution in [2.24, 2.45) is 0 Å². The summed E-state index contributed by atoms with van der Waals surface area (Å²) < 4.78 is 66.6. The molecular weight excluding hydrogens is 503 g/mol. The van der Waals surface area contributed by atoms with Gasteiger partial charge in [0.15, 0.2) is 20.5 Å². The molecule has 33 heavy (non-hydrogen) atoms. The van der Waals surface area contributed by atoms with E-state index in [1.165, 1.54) is 30.4 Å². The summed E-state index contributed by atoms with van der Waals surface area (Å²) in [5, 5.41) is 3.00. The molecule has 0 aliphatic carbocycles. The first-order valence-corrected chi connectivity index (χ1v) is 12.4. The average Bonchev–Trinajstić information content (AvgIpc) is 3.18. The molecule has 0 bridgehead atoms. The molecule has 0 spiro atoms. The van der Waals surface area contributed by atoms with Gasteiger partial charge in [0.25, 0.3) is 11.5 Å². The van der Waals surface area contributed by atoms with Gasteiger partial charge in [-0.3, -0.25) is 9.36 Å². The van der Waals surface area contributed by atoms with E-state index in [1.54, 1.807) is 6.20 Å². The Morgan fingerprint density at radius 3 is 2.61 bits per heavy atom. The smallest absolute Gasteiger partial charge is 0.295 e. The Labute approximate surface area is 196 Å². The number of nitrogens with one attached hydrogen (secondary N) is 1. The molecule has 1 unspecified atom stereocenters. The van der Waals surface area contributed by atoms with E-state index in [-0.39, 0.29) is 27.9 Å². The molecule has 0 saturated carbocycles. The number of aromatic nitrogens is 4. The summed E-state index contributed by atoms with van der Waals surface area (Å²) >= 11 is 7.06. The van der Waals surface area contributed by atoms with Crippen LogP contribution in [0.1, 0.15) is 18.7 Å². The number of hydrogen-bond acceptors (Lipinski definition) is 8. The van der Waals surface area contributed by atoms with Gasteiger partial charge in [-0.1, -0.05) is 18.5 Å². The largest absolute Gasteiger partial charge is 0.365 e. The monoisotopic (exact) mass is 521 g/mol. The van der Waals surface area contributed by atoms with Crippen molar-refractivity contribution in [2.75, 3.05) is 11.1 Å². The number of pyridine rings is 1. The predicted octanol–water partition coefficient (Wildman–Crippen LogP) is 3.81. The van der Waals surface area contributed by atoms with E-state index in [0.29, 0.717) is 22.5 Å². The van der Waals surface area contributed by atoms with E-state index < -0.39 is 34.0 Å². The van der Waals surface area contributed by atoms with Crippen molar-refractivity contribution >= 4 is 38.6 Å². The van der Waals surface area contributed by atoms with Gasteiger partial charge in [0.1, 0.15) is 11.5 Å². The van der Waals surface area contributed by atoms with Gasteiger partial charge in [0, 0.05) is 17.1 Å². The fraction of sp³-hybridized carbons (Fsp3) is 0.368.